The number of carbonyl (C=O) groups is 2. The fourth-order valence-corrected chi connectivity index (χ4v) is 6.53. The van der Waals surface area contributed by atoms with Crippen LogP contribution < -0.4 is 4.74 Å². The molecule has 2 bridgehead atoms. The van der Waals surface area contributed by atoms with Crippen molar-refractivity contribution < 1.29 is 32.6 Å². The van der Waals surface area contributed by atoms with Gasteiger partial charge in [0.05, 0.1) is 12.0 Å². The third kappa shape index (κ3) is 4.66. The van der Waals surface area contributed by atoms with E-state index in [0.29, 0.717) is 29.7 Å². The van der Waals surface area contributed by atoms with Gasteiger partial charge in [0, 0.05) is 17.6 Å². The first-order valence-electron chi connectivity index (χ1n) is 13.0. The van der Waals surface area contributed by atoms with Gasteiger partial charge in [-0.25, -0.2) is 0 Å². The van der Waals surface area contributed by atoms with E-state index in [1.807, 2.05) is 0 Å². The molecule has 8 heteroatoms. The number of carbonyl (C=O) groups excluding carboxylic acids is 1. The number of ether oxygens (including phenoxy) is 1. The molecule has 3 aliphatic rings. The molecule has 2 aliphatic heterocycles. The maximum absolute atomic E-state index is 14.2. The van der Waals surface area contributed by atoms with Crippen molar-refractivity contribution in [1.29, 1.82) is 0 Å². The van der Waals surface area contributed by atoms with Gasteiger partial charge in [0.2, 0.25) is 0 Å². The summed E-state index contributed by atoms with van der Waals surface area (Å²) in [6, 6.07) is 7.05. The second kappa shape index (κ2) is 9.60. The number of carboxylic acid groups (broad SMARTS) is 1. The van der Waals surface area contributed by atoms with Crippen molar-refractivity contribution in [1.82, 2.24) is 4.90 Å². The van der Waals surface area contributed by atoms with Gasteiger partial charge in [-0.1, -0.05) is 25.5 Å². The molecule has 2 aromatic rings. The highest BCUT2D eigenvalue weighted by molar-refractivity contribution is 6.00. The lowest BCUT2D eigenvalue weighted by Crippen LogP contribution is -2.47. The molecular weight excluding hydrogens is 471 g/mol. The van der Waals surface area contributed by atoms with E-state index in [2.05, 4.69) is 6.92 Å². The average molecular weight is 504 g/mol. The number of hydrogen-bond donors (Lipinski definition) is 1. The van der Waals surface area contributed by atoms with Crippen LogP contribution in [0.15, 0.2) is 30.3 Å². The Bertz CT molecular complexity index is 1140. The van der Waals surface area contributed by atoms with E-state index in [-0.39, 0.29) is 35.2 Å². The Labute approximate surface area is 208 Å². The number of alkyl halides is 3. The second-order valence-corrected chi connectivity index (χ2v) is 10.6. The van der Waals surface area contributed by atoms with Gasteiger partial charge < -0.3 is 14.7 Å². The third-order valence-electron chi connectivity index (χ3n) is 8.49. The summed E-state index contributed by atoms with van der Waals surface area (Å²) >= 11 is 0. The molecule has 2 saturated heterocycles. The molecule has 36 heavy (non-hydrogen) atoms. The summed E-state index contributed by atoms with van der Waals surface area (Å²) in [6.45, 7) is 2.14. The summed E-state index contributed by atoms with van der Waals surface area (Å²) < 4.78 is 48.5. The van der Waals surface area contributed by atoms with E-state index in [9.17, 15) is 27.9 Å². The summed E-state index contributed by atoms with van der Waals surface area (Å²) in [5.74, 6) is -1.06. The first-order valence-corrected chi connectivity index (χ1v) is 13.0. The maximum atomic E-state index is 14.2. The topological polar surface area (TPSA) is 66.8 Å². The van der Waals surface area contributed by atoms with E-state index >= 15 is 0 Å². The molecule has 1 aliphatic carbocycles. The van der Waals surface area contributed by atoms with E-state index in [0.717, 1.165) is 44.9 Å². The second-order valence-electron chi connectivity index (χ2n) is 10.6. The average Bonchev–Trinajstić information content (AvgIpc) is 3.11. The molecule has 0 radical (unpaired) electrons. The van der Waals surface area contributed by atoms with Crippen LogP contribution in [0.25, 0.3) is 10.8 Å². The Morgan fingerprint density at radius 3 is 2.25 bits per heavy atom. The van der Waals surface area contributed by atoms with Crippen molar-refractivity contribution in [2.24, 2.45) is 11.8 Å². The fraction of sp³-hybridized carbons (Fsp3) is 0.571. The predicted molar refractivity (Wildman–Crippen MR) is 129 cm³/mol. The molecule has 2 heterocycles. The van der Waals surface area contributed by atoms with Crippen LogP contribution in [-0.2, 0) is 11.0 Å². The number of nitrogens with zero attached hydrogens (tertiary/aromatic N) is 1. The molecule has 5 rings (SSSR count). The lowest BCUT2D eigenvalue weighted by molar-refractivity contribution is -0.144. The Hall–Kier alpha value is -2.77. The zero-order chi connectivity index (χ0) is 25.6. The van der Waals surface area contributed by atoms with Crippen molar-refractivity contribution in [3.05, 3.63) is 41.5 Å². The zero-order valence-electron chi connectivity index (χ0n) is 20.4. The molecule has 2 unspecified atom stereocenters. The maximum Gasteiger partial charge on any atom is 0.420 e. The quantitative estimate of drug-likeness (QED) is 0.495. The third-order valence-corrected chi connectivity index (χ3v) is 8.49. The number of halogens is 3. The molecular formula is C28H32F3NO4. The van der Waals surface area contributed by atoms with Gasteiger partial charge in [-0.2, -0.15) is 13.2 Å². The van der Waals surface area contributed by atoms with Crippen molar-refractivity contribution in [3.63, 3.8) is 0 Å². The first-order chi connectivity index (χ1) is 17.2. The Morgan fingerprint density at radius 1 is 1.00 bits per heavy atom. The molecule has 2 atom stereocenters. The molecule has 0 spiro atoms. The van der Waals surface area contributed by atoms with Gasteiger partial charge in [-0.15, -0.1) is 0 Å². The smallest absolute Gasteiger partial charge is 0.420 e. The van der Waals surface area contributed by atoms with Crippen LogP contribution in [0.2, 0.25) is 0 Å². The number of carboxylic acids is 1. The highest BCUT2D eigenvalue weighted by atomic mass is 19.4. The highest BCUT2D eigenvalue weighted by Crippen LogP contribution is 2.44. The number of aliphatic carboxylic acids is 1. The summed E-state index contributed by atoms with van der Waals surface area (Å²) in [7, 11) is 0. The molecule has 1 N–H and O–H groups in total. The molecule has 1 amide bonds. The van der Waals surface area contributed by atoms with Crippen LogP contribution >= 0.6 is 0 Å². The van der Waals surface area contributed by atoms with E-state index < -0.39 is 23.6 Å². The van der Waals surface area contributed by atoms with Crippen LogP contribution in [0, 0.1) is 11.8 Å². The lowest BCUT2D eigenvalue weighted by atomic mass is 9.86. The van der Waals surface area contributed by atoms with Crippen LogP contribution in [0.4, 0.5) is 13.2 Å². The van der Waals surface area contributed by atoms with E-state index in [1.54, 1.807) is 11.0 Å². The van der Waals surface area contributed by atoms with Gasteiger partial charge >= 0.3 is 12.1 Å². The van der Waals surface area contributed by atoms with E-state index in [1.165, 1.54) is 24.3 Å². The standard InChI is InChI=1S/C28H32F3NO4/c1-2-16-3-9-22(10-4-16)36-24-12-6-17-13-18(5-11-23(17)25(24)28(29,30)31)26(33)32-20-7-8-21(32)15-19(14-20)27(34)35/h5-6,11-13,16,19-22H,2-4,7-10,14-15H2,1H3,(H,34,35). The summed E-state index contributed by atoms with van der Waals surface area (Å²) in [5, 5.41) is 9.75. The number of amides is 1. The summed E-state index contributed by atoms with van der Waals surface area (Å²) in [5.41, 5.74) is -0.466. The van der Waals surface area contributed by atoms with E-state index in [4.69, 9.17) is 4.74 Å². The summed E-state index contributed by atoms with van der Waals surface area (Å²) in [6.07, 6.45) is 2.05. The van der Waals surface area contributed by atoms with Crippen LogP contribution in [0.3, 0.4) is 0 Å². The highest BCUT2D eigenvalue weighted by Gasteiger charge is 2.45. The van der Waals surface area contributed by atoms with Gasteiger partial charge in [0.25, 0.3) is 5.91 Å². The largest absolute Gasteiger partial charge is 0.490 e. The first kappa shape index (κ1) is 24.9. The fourth-order valence-electron chi connectivity index (χ4n) is 6.53. The number of rotatable bonds is 5. The Balaban J connectivity index is 1.41. The van der Waals surface area contributed by atoms with Gasteiger partial charge in [0.15, 0.2) is 0 Å². The lowest BCUT2D eigenvalue weighted by Gasteiger charge is -2.37. The van der Waals surface area contributed by atoms with Gasteiger partial charge in [-0.05, 0) is 86.3 Å². The van der Waals surface area contributed by atoms with Crippen LogP contribution in [0.1, 0.15) is 80.6 Å². The molecule has 3 fully saturated rings. The minimum atomic E-state index is -4.60. The minimum absolute atomic E-state index is 0.0198. The Kier molecular flexibility index (Phi) is 6.64. The number of benzene rings is 2. The normalized spacial score (nSPS) is 28.3. The van der Waals surface area contributed by atoms with Crippen molar-refractivity contribution in [2.75, 3.05) is 0 Å². The minimum Gasteiger partial charge on any atom is -0.490 e. The van der Waals surface area contributed by atoms with Crippen molar-refractivity contribution in [3.8, 4) is 5.75 Å². The summed E-state index contributed by atoms with van der Waals surface area (Å²) in [4.78, 5) is 26.6. The van der Waals surface area contributed by atoms with Crippen molar-refractivity contribution in [2.45, 2.75) is 89.1 Å². The number of fused-ring (bicyclic) bond motifs is 3. The SMILES string of the molecule is CCC1CCC(Oc2ccc3cc(C(=O)N4C5CCC4CC(C(=O)O)C5)ccc3c2C(F)(F)F)CC1. The van der Waals surface area contributed by atoms with Crippen LogP contribution in [0.5, 0.6) is 5.75 Å². The van der Waals surface area contributed by atoms with Gasteiger partial charge in [0.1, 0.15) is 11.3 Å². The number of hydrogen-bond acceptors (Lipinski definition) is 3. The molecule has 0 aromatic heterocycles. The molecule has 194 valence electrons. The number of piperidine rings is 1. The van der Waals surface area contributed by atoms with Gasteiger partial charge in [-0.3, -0.25) is 9.59 Å². The monoisotopic (exact) mass is 503 g/mol. The van der Waals surface area contributed by atoms with Crippen molar-refractivity contribution >= 4 is 22.6 Å². The predicted octanol–water partition coefficient (Wildman–Crippen LogP) is 6.67. The molecule has 5 nitrogen and oxygen atoms in total. The zero-order valence-corrected chi connectivity index (χ0v) is 20.4. The molecule has 2 aromatic carbocycles. The Morgan fingerprint density at radius 2 is 1.67 bits per heavy atom. The van der Waals surface area contributed by atoms with Crippen LogP contribution in [-0.4, -0.2) is 40.1 Å². The molecule has 1 saturated carbocycles.